The summed E-state index contributed by atoms with van der Waals surface area (Å²) in [7, 11) is 0. The number of carbonyl (C=O) groups excluding carboxylic acids is 1. The third kappa shape index (κ3) is 4.54. The predicted molar refractivity (Wildman–Crippen MR) is 119 cm³/mol. The van der Waals surface area contributed by atoms with Crippen molar-refractivity contribution >= 4 is 23.8 Å². The number of thioether (sulfide) groups is 1. The lowest BCUT2D eigenvalue weighted by molar-refractivity contribution is -0.137. The van der Waals surface area contributed by atoms with Crippen molar-refractivity contribution in [1.29, 1.82) is 0 Å². The third-order valence-electron chi connectivity index (χ3n) is 5.64. The lowest BCUT2D eigenvalue weighted by Gasteiger charge is -2.23. The predicted octanol–water partition coefficient (Wildman–Crippen LogP) is 4.75. The van der Waals surface area contributed by atoms with E-state index >= 15 is 0 Å². The fourth-order valence-corrected chi connectivity index (χ4v) is 5.60. The smallest absolute Gasteiger partial charge is 0.321 e. The number of aliphatic carboxylic acids is 1. The number of allylic oxidation sites excluding steroid dienone is 1. The molecule has 0 saturated carbocycles. The number of carboxylic acid groups (broad SMARTS) is 1. The van der Waals surface area contributed by atoms with Crippen LogP contribution in [0.1, 0.15) is 30.4 Å². The lowest BCUT2D eigenvalue weighted by atomic mass is 10.1. The molecule has 0 radical (unpaired) electrons. The van der Waals surface area contributed by atoms with Crippen LogP contribution in [-0.4, -0.2) is 44.7 Å². The van der Waals surface area contributed by atoms with Crippen LogP contribution in [-0.2, 0) is 17.9 Å². The molecule has 156 valence electrons. The Kier molecular flexibility index (Phi) is 6.43. The van der Waals surface area contributed by atoms with Crippen LogP contribution in [0.5, 0.6) is 0 Å². The topological polar surface area (TPSA) is 60.9 Å². The van der Waals surface area contributed by atoms with Gasteiger partial charge in [-0.05, 0) is 24.0 Å². The van der Waals surface area contributed by atoms with Crippen molar-refractivity contribution in [2.75, 3.05) is 5.75 Å². The Hall–Kier alpha value is -2.73. The van der Waals surface area contributed by atoms with Gasteiger partial charge in [0.2, 0.25) is 0 Å². The molecule has 0 spiro atoms. The Balaban J connectivity index is 1.56. The number of unbranched alkanes of at least 4 members (excludes halogenated alkanes) is 1. The van der Waals surface area contributed by atoms with Gasteiger partial charge in [0.25, 0.3) is 0 Å². The van der Waals surface area contributed by atoms with Crippen LogP contribution in [0.2, 0.25) is 0 Å². The molecule has 2 atom stereocenters. The van der Waals surface area contributed by atoms with E-state index in [1.54, 1.807) is 11.8 Å². The van der Waals surface area contributed by atoms with E-state index in [9.17, 15) is 9.59 Å². The molecule has 2 saturated heterocycles. The number of hydrogen-bond donors (Lipinski definition) is 1. The second-order valence-electron chi connectivity index (χ2n) is 7.73. The van der Waals surface area contributed by atoms with E-state index in [0.29, 0.717) is 19.5 Å². The van der Waals surface area contributed by atoms with Crippen molar-refractivity contribution in [2.45, 2.75) is 44.4 Å². The molecule has 0 bridgehead atoms. The first-order valence-electron chi connectivity index (χ1n) is 10.3. The number of benzene rings is 2. The molecule has 2 aliphatic heterocycles. The molecular formula is C24H26N2O3S. The average molecular weight is 423 g/mol. The van der Waals surface area contributed by atoms with Crippen molar-refractivity contribution in [2.24, 2.45) is 0 Å². The Morgan fingerprint density at radius 3 is 2.20 bits per heavy atom. The lowest BCUT2D eigenvalue weighted by Crippen LogP contribution is -2.35. The largest absolute Gasteiger partial charge is 0.481 e. The number of carbonyl (C=O) groups is 2. The van der Waals surface area contributed by atoms with Gasteiger partial charge in [-0.25, -0.2) is 4.79 Å². The first kappa shape index (κ1) is 20.5. The number of fused-ring (bicyclic) bond motifs is 1. The summed E-state index contributed by atoms with van der Waals surface area (Å²) < 4.78 is 0. The molecular weight excluding hydrogens is 396 g/mol. The molecule has 2 aliphatic rings. The molecule has 4 rings (SSSR count). The third-order valence-corrected chi connectivity index (χ3v) is 6.89. The van der Waals surface area contributed by atoms with E-state index in [1.807, 2.05) is 46.2 Å². The highest BCUT2D eigenvalue weighted by Gasteiger charge is 2.50. The van der Waals surface area contributed by atoms with Crippen molar-refractivity contribution in [1.82, 2.24) is 9.80 Å². The molecule has 0 aliphatic carbocycles. The Morgan fingerprint density at radius 1 is 1.00 bits per heavy atom. The van der Waals surface area contributed by atoms with E-state index < -0.39 is 5.97 Å². The first-order chi connectivity index (χ1) is 14.6. The second kappa shape index (κ2) is 9.39. The van der Waals surface area contributed by atoms with E-state index in [4.69, 9.17) is 5.11 Å². The maximum Gasteiger partial charge on any atom is 0.321 e. The molecule has 2 aromatic rings. The van der Waals surface area contributed by atoms with Crippen LogP contribution >= 0.6 is 11.8 Å². The minimum atomic E-state index is -0.763. The summed E-state index contributed by atoms with van der Waals surface area (Å²) in [5.41, 5.74) is 2.25. The van der Waals surface area contributed by atoms with Crippen LogP contribution in [0.25, 0.3) is 0 Å². The number of nitrogens with zero attached hydrogens (tertiary/aromatic N) is 2. The Morgan fingerprint density at radius 2 is 1.60 bits per heavy atom. The van der Waals surface area contributed by atoms with E-state index in [0.717, 1.165) is 23.3 Å². The van der Waals surface area contributed by atoms with Gasteiger partial charge < -0.3 is 14.9 Å². The summed E-state index contributed by atoms with van der Waals surface area (Å²) in [6.07, 6.45) is 3.67. The molecule has 2 heterocycles. The van der Waals surface area contributed by atoms with Crippen LogP contribution in [0, 0.1) is 0 Å². The van der Waals surface area contributed by atoms with Crippen LogP contribution in [0.15, 0.2) is 71.6 Å². The Labute approximate surface area is 181 Å². The maximum atomic E-state index is 13.4. The maximum absolute atomic E-state index is 13.4. The molecule has 2 fully saturated rings. The summed E-state index contributed by atoms with van der Waals surface area (Å²) in [4.78, 5) is 29.4. The molecule has 2 unspecified atom stereocenters. The van der Waals surface area contributed by atoms with Gasteiger partial charge in [0.15, 0.2) is 0 Å². The molecule has 5 nitrogen and oxygen atoms in total. The molecule has 1 N–H and O–H groups in total. The number of rotatable bonds is 8. The fraction of sp³-hybridized carbons (Fsp3) is 0.333. The van der Waals surface area contributed by atoms with Crippen LogP contribution in [0.3, 0.4) is 0 Å². The van der Waals surface area contributed by atoms with Crippen molar-refractivity contribution < 1.29 is 14.7 Å². The second-order valence-corrected chi connectivity index (χ2v) is 8.82. The zero-order valence-corrected chi connectivity index (χ0v) is 17.6. The number of urea groups is 1. The average Bonchev–Trinajstić information content (AvgIpc) is 3.27. The molecule has 6 heteroatoms. The van der Waals surface area contributed by atoms with Gasteiger partial charge in [-0.1, -0.05) is 66.7 Å². The van der Waals surface area contributed by atoms with Crippen molar-refractivity contribution in [3.05, 3.63) is 82.8 Å². The van der Waals surface area contributed by atoms with Gasteiger partial charge in [-0.15, -0.1) is 11.8 Å². The minimum Gasteiger partial charge on any atom is -0.481 e. The first-order valence-corrected chi connectivity index (χ1v) is 11.3. The van der Waals surface area contributed by atoms with Gasteiger partial charge in [0.05, 0.1) is 12.1 Å². The summed E-state index contributed by atoms with van der Waals surface area (Å²) in [6, 6.07) is 20.5. The van der Waals surface area contributed by atoms with Crippen molar-refractivity contribution in [3.8, 4) is 0 Å². The summed E-state index contributed by atoms with van der Waals surface area (Å²) >= 11 is 1.80. The van der Waals surface area contributed by atoms with E-state index in [-0.39, 0.29) is 24.5 Å². The van der Waals surface area contributed by atoms with E-state index in [2.05, 4.69) is 30.3 Å². The number of carboxylic acids is 1. The monoisotopic (exact) mass is 422 g/mol. The zero-order chi connectivity index (χ0) is 20.9. The molecule has 30 heavy (non-hydrogen) atoms. The van der Waals surface area contributed by atoms with Crippen molar-refractivity contribution in [3.63, 3.8) is 0 Å². The van der Waals surface area contributed by atoms with E-state index in [1.165, 1.54) is 4.91 Å². The molecule has 2 amide bonds. The molecule has 0 aromatic heterocycles. The van der Waals surface area contributed by atoms with Gasteiger partial charge in [-0.2, -0.15) is 0 Å². The van der Waals surface area contributed by atoms with Crippen LogP contribution < -0.4 is 0 Å². The minimum absolute atomic E-state index is 0.0382. The summed E-state index contributed by atoms with van der Waals surface area (Å²) in [6.45, 7) is 1.19. The highest BCUT2D eigenvalue weighted by Crippen LogP contribution is 2.43. The zero-order valence-electron chi connectivity index (χ0n) is 16.8. The quantitative estimate of drug-likeness (QED) is 0.493. The standard InChI is InChI=1S/C24H26N2O3S/c27-22(28)14-8-7-13-21-23-20(17-30-21)25(15-18-9-3-1-4-10-18)24(29)26(23)16-19-11-5-2-6-12-19/h1-6,9-13,20,23H,7-8,14-17H2,(H,27,28)/b21-13-. The van der Waals surface area contributed by atoms with Crippen LogP contribution in [0.4, 0.5) is 4.79 Å². The highest BCUT2D eigenvalue weighted by atomic mass is 32.2. The van der Waals surface area contributed by atoms with Gasteiger partial charge in [-0.3, -0.25) is 4.79 Å². The summed E-state index contributed by atoms with van der Waals surface area (Å²) in [5, 5.41) is 8.89. The molecule has 2 aromatic carbocycles. The normalized spacial score (nSPS) is 22.0. The van der Waals surface area contributed by atoms with Gasteiger partial charge in [0, 0.05) is 30.2 Å². The number of hydrogen-bond acceptors (Lipinski definition) is 3. The SMILES string of the molecule is O=C(O)CCC/C=C1\SCC2C1N(Cc1ccccc1)C(=O)N2Cc1ccccc1. The fourth-order valence-electron chi connectivity index (χ4n) is 4.18. The van der Waals surface area contributed by atoms with Gasteiger partial charge >= 0.3 is 12.0 Å². The highest BCUT2D eigenvalue weighted by molar-refractivity contribution is 8.03. The summed E-state index contributed by atoms with van der Waals surface area (Å²) in [5.74, 6) is 0.111. The number of amides is 2. The Bertz CT molecular complexity index is 917. The van der Waals surface area contributed by atoms with Gasteiger partial charge in [0.1, 0.15) is 0 Å².